The van der Waals surface area contributed by atoms with Gasteiger partial charge >= 0.3 is 5.97 Å². The van der Waals surface area contributed by atoms with Crippen molar-refractivity contribution in [2.24, 2.45) is 5.92 Å². The normalized spacial score (nSPS) is 15.4. The number of benzene rings is 2. The first kappa shape index (κ1) is 15.0. The van der Waals surface area contributed by atoms with Crippen LogP contribution in [0.4, 0.5) is 0 Å². The maximum absolute atomic E-state index is 11.4. The molecule has 0 spiro atoms. The van der Waals surface area contributed by atoms with Crippen LogP contribution in [0.5, 0.6) is 0 Å². The summed E-state index contributed by atoms with van der Waals surface area (Å²) < 4.78 is 10.7. The maximum atomic E-state index is 11.4. The highest BCUT2D eigenvalue weighted by Gasteiger charge is 2.33. The third kappa shape index (κ3) is 2.81. The number of ether oxygens (including phenoxy) is 1. The summed E-state index contributed by atoms with van der Waals surface area (Å²) in [5.41, 5.74) is 3.22. The second-order valence-electron chi connectivity index (χ2n) is 6.26. The number of fused-ring (bicyclic) bond motifs is 1. The fourth-order valence-electron chi connectivity index (χ4n) is 3.17. The number of carbonyl (C=O) groups is 1. The van der Waals surface area contributed by atoms with E-state index in [4.69, 9.17) is 9.15 Å². The van der Waals surface area contributed by atoms with Gasteiger partial charge in [0.25, 0.3) is 0 Å². The molecule has 0 saturated carbocycles. The van der Waals surface area contributed by atoms with Crippen molar-refractivity contribution in [3.63, 3.8) is 0 Å². The largest absolute Gasteiger partial charge is 0.469 e. The number of para-hydroxylation sites is 1. The van der Waals surface area contributed by atoms with Crippen LogP contribution in [0.15, 0.2) is 59.0 Å². The van der Waals surface area contributed by atoms with E-state index in [9.17, 15) is 4.79 Å². The van der Waals surface area contributed by atoms with Crippen molar-refractivity contribution >= 4 is 16.9 Å². The van der Waals surface area contributed by atoms with Crippen LogP contribution >= 0.6 is 0 Å². The standard InChI is InChI=1S/C20H19NO3/c1-23-20(22)17-12-21(13-17)11-14-6-8-15(9-7-14)19-10-16-4-2-3-5-18(16)24-19/h2-10,17H,11-13H2,1H3. The van der Waals surface area contributed by atoms with Gasteiger partial charge in [-0.15, -0.1) is 0 Å². The fourth-order valence-corrected chi connectivity index (χ4v) is 3.17. The van der Waals surface area contributed by atoms with Gasteiger partial charge in [0.1, 0.15) is 11.3 Å². The predicted molar refractivity (Wildman–Crippen MR) is 92.4 cm³/mol. The highest BCUT2D eigenvalue weighted by molar-refractivity contribution is 5.82. The van der Waals surface area contributed by atoms with Crippen molar-refractivity contribution in [1.82, 2.24) is 4.90 Å². The van der Waals surface area contributed by atoms with E-state index in [2.05, 4.69) is 41.3 Å². The highest BCUT2D eigenvalue weighted by Crippen LogP contribution is 2.28. The minimum atomic E-state index is -0.105. The van der Waals surface area contributed by atoms with Gasteiger partial charge < -0.3 is 9.15 Å². The Labute approximate surface area is 140 Å². The van der Waals surface area contributed by atoms with Crippen molar-refractivity contribution in [2.75, 3.05) is 20.2 Å². The Balaban J connectivity index is 1.43. The molecule has 122 valence electrons. The van der Waals surface area contributed by atoms with Gasteiger partial charge in [0.2, 0.25) is 0 Å². The van der Waals surface area contributed by atoms with Crippen LogP contribution in [0.1, 0.15) is 5.56 Å². The molecule has 4 rings (SSSR count). The minimum absolute atomic E-state index is 0.0322. The van der Waals surface area contributed by atoms with Crippen molar-refractivity contribution in [2.45, 2.75) is 6.54 Å². The lowest BCUT2D eigenvalue weighted by Crippen LogP contribution is -2.49. The van der Waals surface area contributed by atoms with E-state index in [1.807, 2.05) is 18.2 Å². The molecule has 0 radical (unpaired) electrons. The number of likely N-dealkylation sites (tertiary alicyclic amines) is 1. The van der Waals surface area contributed by atoms with Crippen LogP contribution in [0.2, 0.25) is 0 Å². The lowest BCUT2D eigenvalue weighted by Gasteiger charge is -2.37. The molecular weight excluding hydrogens is 302 g/mol. The summed E-state index contributed by atoms with van der Waals surface area (Å²) in [6.45, 7) is 2.41. The third-order valence-corrected chi connectivity index (χ3v) is 4.56. The second-order valence-corrected chi connectivity index (χ2v) is 6.26. The lowest BCUT2D eigenvalue weighted by atomic mass is 9.99. The molecule has 0 N–H and O–H groups in total. The Morgan fingerprint density at radius 1 is 1.17 bits per heavy atom. The zero-order valence-electron chi connectivity index (χ0n) is 13.6. The van der Waals surface area contributed by atoms with Crippen molar-refractivity contribution in [3.05, 3.63) is 60.2 Å². The van der Waals surface area contributed by atoms with Gasteiger partial charge in [-0.1, -0.05) is 42.5 Å². The van der Waals surface area contributed by atoms with E-state index in [-0.39, 0.29) is 11.9 Å². The summed E-state index contributed by atoms with van der Waals surface area (Å²) in [5, 5.41) is 1.12. The van der Waals surface area contributed by atoms with Crippen molar-refractivity contribution in [1.29, 1.82) is 0 Å². The number of carbonyl (C=O) groups excluding carboxylic acids is 1. The van der Waals surface area contributed by atoms with Gasteiger partial charge in [0, 0.05) is 30.6 Å². The van der Waals surface area contributed by atoms with Crippen LogP contribution in [0, 0.1) is 5.92 Å². The maximum Gasteiger partial charge on any atom is 0.311 e. The highest BCUT2D eigenvalue weighted by atomic mass is 16.5. The number of nitrogens with zero attached hydrogens (tertiary/aromatic N) is 1. The molecule has 1 fully saturated rings. The van der Waals surface area contributed by atoms with Crippen LogP contribution in [-0.2, 0) is 16.1 Å². The molecule has 1 aliphatic heterocycles. The lowest BCUT2D eigenvalue weighted by molar-refractivity contribution is -0.151. The summed E-state index contributed by atoms with van der Waals surface area (Å²) in [6, 6.07) is 18.5. The number of methoxy groups -OCH3 is 1. The smallest absolute Gasteiger partial charge is 0.311 e. The molecule has 1 aromatic heterocycles. The summed E-state index contributed by atoms with van der Waals surface area (Å²) in [7, 11) is 1.45. The molecule has 1 aliphatic rings. The Morgan fingerprint density at radius 2 is 1.92 bits per heavy atom. The van der Waals surface area contributed by atoms with E-state index in [0.717, 1.165) is 41.9 Å². The Morgan fingerprint density at radius 3 is 2.62 bits per heavy atom. The summed E-state index contributed by atoms with van der Waals surface area (Å²) in [5.74, 6) is 0.814. The molecule has 0 amide bonds. The first-order chi connectivity index (χ1) is 11.7. The molecule has 24 heavy (non-hydrogen) atoms. The molecule has 2 aromatic carbocycles. The SMILES string of the molecule is COC(=O)C1CN(Cc2ccc(-c3cc4ccccc4o3)cc2)C1. The molecule has 0 aliphatic carbocycles. The number of furan rings is 1. The van der Waals surface area contributed by atoms with Gasteiger partial charge in [-0.25, -0.2) is 0 Å². The van der Waals surface area contributed by atoms with Gasteiger partial charge in [-0.3, -0.25) is 9.69 Å². The number of esters is 1. The average molecular weight is 321 g/mol. The molecular formula is C20H19NO3. The topological polar surface area (TPSA) is 42.7 Å². The zero-order valence-corrected chi connectivity index (χ0v) is 13.6. The van der Waals surface area contributed by atoms with Gasteiger partial charge in [-0.2, -0.15) is 0 Å². The molecule has 0 atom stereocenters. The first-order valence-corrected chi connectivity index (χ1v) is 8.11. The van der Waals surface area contributed by atoms with E-state index in [0.29, 0.717) is 0 Å². The molecule has 0 unspecified atom stereocenters. The van der Waals surface area contributed by atoms with Crippen molar-refractivity contribution < 1.29 is 13.9 Å². The Bertz CT molecular complexity index is 827. The summed E-state index contributed by atoms with van der Waals surface area (Å²) in [4.78, 5) is 13.7. The molecule has 4 nitrogen and oxygen atoms in total. The van der Waals surface area contributed by atoms with E-state index < -0.39 is 0 Å². The first-order valence-electron chi connectivity index (χ1n) is 8.11. The number of hydrogen-bond acceptors (Lipinski definition) is 4. The van der Waals surface area contributed by atoms with Crippen molar-refractivity contribution in [3.8, 4) is 11.3 Å². The van der Waals surface area contributed by atoms with E-state index in [1.165, 1.54) is 12.7 Å². The molecule has 4 heteroatoms. The van der Waals surface area contributed by atoms with E-state index >= 15 is 0 Å². The van der Waals surface area contributed by atoms with Gasteiger partial charge in [0.15, 0.2) is 0 Å². The molecule has 3 aromatic rings. The average Bonchev–Trinajstić information content (AvgIpc) is 3.01. The van der Waals surface area contributed by atoms with Gasteiger partial charge in [0.05, 0.1) is 13.0 Å². The molecule has 0 bridgehead atoms. The monoisotopic (exact) mass is 321 g/mol. The van der Waals surface area contributed by atoms with Crippen LogP contribution in [-0.4, -0.2) is 31.1 Å². The minimum Gasteiger partial charge on any atom is -0.469 e. The molecule has 1 saturated heterocycles. The third-order valence-electron chi connectivity index (χ3n) is 4.56. The van der Waals surface area contributed by atoms with Gasteiger partial charge in [-0.05, 0) is 17.7 Å². The number of hydrogen-bond donors (Lipinski definition) is 0. The fraction of sp³-hybridized carbons (Fsp3) is 0.250. The van der Waals surface area contributed by atoms with E-state index in [1.54, 1.807) is 0 Å². The van der Waals surface area contributed by atoms with Crippen LogP contribution in [0.3, 0.4) is 0 Å². The summed E-state index contributed by atoms with van der Waals surface area (Å²) in [6.07, 6.45) is 0. The quantitative estimate of drug-likeness (QED) is 0.687. The summed E-state index contributed by atoms with van der Waals surface area (Å²) >= 11 is 0. The van der Waals surface area contributed by atoms with Crippen LogP contribution in [0.25, 0.3) is 22.3 Å². The van der Waals surface area contributed by atoms with Crippen LogP contribution < -0.4 is 0 Å². The Kier molecular flexibility index (Phi) is 3.82. The molecule has 2 heterocycles. The predicted octanol–water partition coefficient (Wildman–Crippen LogP) is 3.70. The zero-order chi connectivity index (χ0) is 16.5. The Hall–Kier alpha value is -2.59. The second kappa shape index (κ2) is 6.13. The number of rotatable bonds is 4.